The van der Waals surface area contributed by atoms with Crippen LogP contribution in [0.15, 0.2) is 46.0 Å². The maximum Gasteiger partial charge on any atom is 0.234 e. The van der Waals surface area contributed by atoms with E-state index in [0.717, 1.165) is 32.6 Å². The molecule has 0 saturated carbocycles. The highest BCUT2D eigenvalue weighted by atomic mass is 79.9. The quantitative estimate of drug-likeness (QED) is 0.369. The minimum atomic E-state index is -0.116. The van der Waals surface area contributed by atoms with Crippen molar-refractivity contribution in [2.45, 2.75) is 45.4 Å². The summed E-state index contributed by atoms with van der Waals surface area (Å²) in [6.45, 7) is 6.85. The minimum Gasteiger partial charge on any atom is -0.497 e. The van der Waals surface area contributed by atoms with Crippen LogP contribution < -0.4 is 15.4 Å². The van der Waals surface area contributed by atoms with Gasteiger partial charge in [0.05, 0.1) is 25.8 Å². The van der Waals surface area contributed by atoms with Crippen molar-refractivity contribution in [1.29, 1.82) is 0 Å². The van der Waals surface area contributed by atoms with Crippen LogP contribution in [0.3, 0.4) is 0 Å². The van der Waals surface area contributed by atoms with Crippen LogP contribution in [0.25, 0.3) is 0 Å². The van der Waals surface area contributed by atoms with E-state index >= 15 is 0 Å². The molecule has 0 atom stereocenters. The summed E-state index contributed by atoms with van der Waals surface area (Å²) in [5.74, 6) is 1.38. The van der Waals surface area contributed by atoms with Gasteiger partial charge in [-0.15, -0.1) is 10.2 Å². The first kappa shape index (κ1) is 25.8. The Labute approximate surface area is 212 Å². The van der Waals surface area contributed by atoms with Gasteiger partial charge >= 0.3 is 0 Å². The third kappa shape index (κ3) is 6.60. The monoisotopic (exact) mass is 545 g/mol. The number of thioether (sulfide) groups is 1. The van der Waals surface area contributed by atoms with E-state index in [2.05, 4.69) is 36.8 Å². The smallest absolute Gasteiger partial charge is 0.234 e. The number of hydrogen-bond acceptors (Lipinski definition) is 6. The first-order valence-corrected chi connectivity index (χ1v) is 12.6. The van der Waals surface area contributed by atoms with Crippen LogP contribution in [0.1, 0.15) is 29.4 Å². The topological polar surface area (TPSA) is 98.1 Å². The minimum absolute atomic E-state index is 0.107. The average Bonchev–Trinajstić information content (AvgIpc) is 3.24. The summed E-state index contributed by atoms with van der Waals surface area (Å²) in [7, 11) is 1.61. The second kappa shape index (κ2) is 12.0. The predicted octanol–water partition coefficient (Wildman–Crippen LogP) is 4.28. The molecule has 0 spiro atoms. The van der Waals surface area contributed by atoms with Crippen molar-refractivity contribution in [3.63, 3.8) is 0 Å². The van der Waals surface area contributed by atoms with Crippen LogP contribution in [0.2, 0.25) is 0 Å². The summed E-state index contributed by atoms with van der Waals surface area (Å²) in [6.07, 6.45) is 0.265. The van der Waals surface area contributed by atoms with Gasteiger partial charge in [0, 0.05) is 16.7 Å². The van der Waals surface area contributed by atoms with E-state index in [1.807, 2.05) is 61.7 Å². The molecule has 180 valence electrons. The molecule has 0 bridgehead atoms. The van der Waals surface area contributed by atoms with E-state index in [4.69, 9.17) is 4.74 Å². The number of amides is 2. The number of carbonyl (C=O) groups excluding carboxylic acids is 2. The average molecular weight is 546 g/mol. The zero-order valence-corrected chi connectivity index (χ0v) is 22.0. The Bertz CT molecular complexity index is 1160. The number of nitrogens with one attached hydrogen (secondary N) is 2. The molecule has 0 aliphatic carbocycles. The van der Waals surface area contributed by atoms with Gasteiger partial charge < -0.3 is 19.9 Å². The molecule has 2 amide bonds. The van der Waals surface area contributed by atoms with Gasteiger partial charge in [-0.2, -0.15) is 0 Å². The van der Waals surface area contributed by atoms with Crippen molar-refractivity contribution < 1.29 is 14.3 Å². The predicted molar refractivity (Wildman–Crippen MR) is 137 cm³/mol. The number of halogens is 1. The van der Waals surface area contributed by atoms with Gasteiger partial charge in [0.2, 0.25) is 11.8 Å². The first-order chi connectivity index (χ1) is 16.3. The van der Waals surface area contributed by atoms with Gasteiger partial charge in [-0.05, 0) is 61.7 Å². The van der Waals surface area contributed by atoms with Gasteiger partial charge in [-0.1, -0.05) is 39.8 Å². The number of anilines is 1. The summed E-state index contributed by atoms with van der Waals surface area (Å²) in [4.78, 5) is 24.9. The van der Waals surface area contributed by atoms with Crippen LogP contribution in [0, 0.1) is 13.8 Å². The Morgan fingerprint density at radius 1 is 1.06 bits per heavy atom. The number of methoxy groups -OCH3 is 1. The third-order valence-corrected chi connectivity index (χ3v) is 7.23. The molecule has 3 rings (SSSR count). The Kier molecular flexibility index (Phi) is 9.12. The van der Waals surface area contributed by atoms with Crippen molar-refractivity contribution in [3.05, 3.63) is 63.4 Å². The van der Waals surface area contributed by atoms with Gasteiger partial charge in [0.1, 0.15) is 5.75 Å². The molecule has 8 nitrogen and oxygen atoms in total. The van der Waals surface area contributed by atoms with Crippen LogP contribution in [-0.2, 0) is 29.1 Å². The molecule has 10 heteroatoms. The molecule has 0 radical (unpaired) electrons. The lowest BCUT2D eigenvalue weighted by Gasteiger charge is -2.12. The molecule has 2 aromatic carbocycles. The maximum atomic E-state index is 12.5. The number of carbonyl (C=O) groups is 2. The van der Waals surface area contributed by atoms with E-state index in [1.165, 1.54) is 11.8 Å². The third-order valence-electron chi connectivity index (χ3n) is 5.40. The molecule has 0 unspecified atom stereocenters. The van der Waals surface area contributed by atoms with E-state index in [9.17, 15) is 9.59 Å². The zero-order chi connectivity index (χ0) is 24.7. The maximum absolute atomic E-state index is 12.5. The number of benzene rings is 2. The van der Waals surface area contributed by atoms with E-state index < -0.39 is 0 Å². The molecule has 34 heavy (non-hydrogen) atoms. The summed E-state index contributed by atoms with van der Waals surface area (Å²) >= 11 is 4.82. The lowest BCUT2D eigenvalue weighted by molar-refractivity contribution is -0.120. The van der Waals surface area contributed by atoms with Crippen LogP contribution >= 0.6 is 27.7 Å². The Morgan fingerprint density at radius 2 is 1.79 bits per heavy atom. The van der Waals surface area contributed by atoms with Crippen molar-refractivity contribution >= 4 is 45.2 Å². The summed E-state index contributed by atoms with van der Waals surface area (Å²) in [5, 5.41) is 14.9. The fraction of sp³-hybridized carbons (Fsp3) is 0.333. The van der Waals surface area contributed by atoms with Crippen LogP contribution in [0.4, 0.5) is 5.69 Å². The van der Waals surface area contributed by atoms with E-state index in [0.29, 0.717) is 17.5 Å². The lowest BCUT2D eigenvalue weighted by Crippen LogP contribution is -2.26. The number of rotatable bonds is 10. The molecular weight excluding hydrogens is 518 g/mol. The van der Waals surface area contributed by atoms with Gasteiger partial charge in [-0.3, -0.25) is 9.59 Å². The van der Waals surface area contributed by atoms with E-state index in [1.54, 1.807) is 7.11 Å². The second-order valence-corrected chi connectivity index (χ2v) is 9.42. The normalized spacial score (nSPS) is 10.7. The number of aromatic nitrogens is 3. The van der Waals surface area contributed by atoms with Crippen LogP contribution in [-0.4, -0.2) is 39.4 Å². The Morgan fingerprint density at radius 3 is 2.47 bits per heavy atom. The zero-order valence-electron chi connectivity index (χ0n) is 19.6. The molecule has 0 aliphatic heterocycles. The molecule has 3 aromatic rings. The fourth-order valence-corrected chi connectivity index (χ4v) is 4.53. The molecule has 1 heterocycles. The van der Waals surface area contributed by atoms with Crippen molar-refractivity contribution in [2.24, 2.45) is 0 Å². The molecule has 2 N–H and O–H groups in total. The largest absolute Gasteiger partial charge is 0.497 e. The van der Waals surface area contributed by atoms with Crippen molar-refractivity contribution in [2.75, 3.05) is 18.2 Å². The molecular formula is C24H28BrN5O3S. The first-order valence-electron chi connectivity index (χ1n) is 10.8. The number of nitrogens with zero attached hydrogens (tertiary/aromatic N) is 3. The molecule has 0 fully saturated rings. The Balaban J connectivity index is 1.53. The van der Waals surface area contributed by atoms with Crippen LogP contribution in [0.5, 0.6) is 5.75 Å². The standard InChI is InChI=1S/C24H28BrN5O3S/c1-5-30-21(13-26-22(31)12-17-6-8-18(33-4)9-7-17)28-29-24(30)34-14-23(32)27-20-11-10-19(25)15(2)16(20)3/h6-11H,5,12-14H2,1-4H3,(H,26,31)(H,27,32). The fourth-order valence-electron chi connectivity index (χ4n) is 3.28. The van der Waals surface area contributed by atoms with Crippen molar-refractivity contribution in [1.82, 2.24) is 20.1 Å². The second-order valence-electron chi connectivity index (χ2n) is 7.63. The number of ether oxygens (including phenoxy) is 1. The van der Waals surface area contributed by atoms with Crippen molar-refractivity contribution in [3.8, 4) is 5.75 Å². The lowest BCUT2D eigenvalue weighted by atomic mass is 10.1. The Hall–Kier alpha value is -2.85. The SMILES string of the molecule is CCn1c(CNC(=O)Cc2ccc(OC)cc2)nnc1SCC(=O)Nc1ccc(Br)c(C)c1C. The highest BCUT2D eigenvalue weighted by molar-refractivity contribution is 9.10. The summed E-state index contributed by atoms with van der Waals surface area (Å²) in [6, 6.07) is 11.2. The van der Waals surface area contributed by atoms with E-state index in [-0.39, 0.29) is 30.5 Å². The summed E-state index contributed by atoms with van der Waals surface area (Å²) < 4.78 is 8.05. The van der Waals surface area contributed by atoms with Gasteiger partial charge in [0.15, 0.2) is 11.0 Å². The summed E-state index contributed by atoms with van der Waals surface area (Å²) in [5.41, 5.74) is 3.81. The highest BCUT2D eigenvalue weighted by Crippen LogP contribution is 2.26. The molecule has 0 saturated heterocycles. The molecule has 0 aliphatic rings. The number of hydrogen-bond donors (Lipinski definition) is 2. The van der Waals surface area contributed by atoms with Gasteiger partial charge in [0.25, 0.3) is 0 Å². The highest BCUT2D eigenvalue weighted by Gasteiger charge is 2.15. The van der Waals surface area contributed by atoms with Gasteiger partial charge in [-0.25, -0.2) is 0 Å². The molecule has 1 aromatic heterocycles.